The highest BCUT2D eigenvalue weighted by atomic mass is 35.5. The normalized spacial score (nSPS) is 17.5. The predicted octanol–water partition coefficient (Wildman–Crippen LogP) is 2.64. The summed E-state index contributed by atoms with van der Waals surface area (Å²) in [6, 6.07) is 5.33. The summed E-state index contributed by atoms with van der Waals surface area (Å²) < 4.78 is 0. The summed E-state index contributed by atoms with van der Waals surface area (Å²) >= 11 is 5.76. The summed E-state index contributed by atoms with van der Waals surface area (Å²) in [5, 5.41) is 10.2. The van der Waals surface area contributed by atoms with Gasteiger partial charge in [-0.2, -0.15) is 0 Å². The topological polar surface area (TPSA) is 23.5 Å². The van der Waals surface area contributed by atoms with Crippen LogP contribution in [0.25, 0.3) is 0 Å². The van der Waals surface area contributed by atoms with Crippen LogP contribution in [0.5, 0.6) is 5.75 Å². The molecular weight excluding hydrogens is 198 g/mol. The molecule has 0 unspecified atom stereocenters. The van der Waals surface area contributed by atoms with Crippen LogP contribution in [-0.4, -0.2) is 23.1 Å². The molecule has 1 aromatic rings. The van der Waals surface area contributed by atoms with Crippen LogP contribution in [0.4, 0.5) is 0 Å². The van der Waals surface area contributed by atoms with E-state index < -0.39 is 0 Å². The summed E-state index contributed by atoms with van der Waals surface area (Å²) in [5.41, 5.74) is 0.969. The zero-order valence-electron chi connectivity index (χ0n) is 8.04. The molecule has 1 aliphatic heterocycles. The van der Waals surface area contributed by atoms with E-state index in [0.717, 1.165) is 25.2 Å². The van der Waals surface area contributed by atoms with Crippen molar-refractivity contribution in [2.75, 3.05) is 13.1 Å². The average molecular weight is 212 g/mol. The van der Waals surface area contributed by atoms with Gasteiger partial charge in [-0.3, -0.25) is 4.90 Å². The first-order valence-corrected chi connectivity index (χ1v) is 5.33. The Labute approximate surface area is 89.1 Å². The Morgan fingerprint density at radius 2 is 2.00 bits per heavy atom. The third kappa shape index (κ3) is 2.20. The number of hydrogen-bond donors (Lipinski definition) is 1. The van der Waals surface area contributed by atoms with Crippen LogP contribution in [0.15, 0.2) is 18.2 Å². The number of likely N-dealkylation sites (tertiary alicyclic amines) is 1. The fourth-order valence-electron chi connectivity index (χ4n) is 1.85. The molecule has 0 aromatic heterocycles. The first kappa shape index (κ1) is 9.81. The first-order valence-electron chi connectivity index (χ1n) is 4.95. The molecule has 14 heavy (non-hydrogen) atoms. The lowest BCUT2D eigenvalue weighted by Crippen LogP contribution is -2.18. The fourth-order valence-corrected chi connectivity index (χ4v) is 2.02. The Hall–Kier alpha value is -0.730. The number of phenolic OH excluding ortho intramolecular Hbond substituents is 1. The minimum Gasteiger partial charge on any atom is -0.508 e. The maximum atomic E-state index is 9.64. The molecule has 0 atom stereocenters. The van der Waals surface area contributed by atoms with Crippen LogP contribution in [0.1, 0.15) is 18.4 Å². The Bertz CT molecular complexity index is 321. The van der Waals surface area contributed by atoms with Gasteiger partial charge in [-0.15, -0.1) is 0 Å². The van der Waals surface area contributed by atoms with Gasteiger partial charge in [-0.25, -0.2) is 0 Å². The highest BCUT2D eigenvalue weighted by molar-refractivity contribution is 6.30. The largest absolute Gasteiger partial charge is 0.508 e. The number of halogens is 1. The van der Waals surface area contributed by atoms with E-state index in [9.17, 15) is 5.11 Å². The van der Waals surface area contributed by atoms with Crippen molar-refractivity contribution in [2.24, 2.45) is 0 Å². The SMILES string of the molecule is Oc1cc(Cl)ccc1CN1CCCC1. The Balaban J connectivity index is 2.08. The summed E-state index contributed by atoms with van der Waals surface area (Å²) in [4.78, 5) is 2.35. The molecule has 1 fully saturated rings. The summed E-state index contributed by atoms with van der Waals surface area (Å²) in [6.07, 6.45) is 2.54. The van der Waals surface area contributed by atoms with E-state index in [2.05, 4.69) is 4.90 Å². The average Bonchev–Trinajstić information content (AvgIpc) is 2.62. The third-order valence-corrected chi connectivity index (χ3v) is 2.88. The molecule has 1 N–H and O–H groups in total. The Morgan fingerprint density at radius 3 is 2.64 bits per heavy atom. The lowest BCUT2D eigenvalue weighted by atomic mass is 10.2. The van der Waals surface area contributed by atoms with Gasteiger partial charge in [-0.1, -0.05) is 17.7 Å². The number of aromatic hydroxyl groups is 1. The second-order valence-corrected chi connectivity index (χ2v) is 4.19. The lowest BCUT2D eigenvalue weighted by molar-refractivity contribution is 0.324. The van der Waals surface area contributed by atoms with Gasteiger partial charge in [0, 0.05) is 17.1 Å². The molecule has 1 saturated heterocycles. The van der Waals surface area contributed by atoms with Gasteiger partial charge >= 0.3 is 0 Å². The second kappa shape index (κ2) is 4.20. The molecule has 0 aliphatic carbocycles. The number of nitrogens with zero attached hydrogens (tertiary/aromatic N) is 1. The van der Waals surface area contributed by atoms with Gasteiger partial charge in [0.25, 0.3) is 0 Å². The molecule has 76 valence electrons. The van der Waals surface area contributed by atoms with E-state index in [1.807, 2.05) is 12.1 Å². The van der Waals surface area contributed by atoms with Crippen molar-refractivity contribution in [2.45, 2.75) is 19.4 Å². The predicted molar refractivity (Wildman–Crippen MR) is 57.6 cm³/mol. The number of benzene rings is 1. The van der Waals surface area contributed by atoms with Gasteiger partial charge in [0.1, 0.15) is 5.75 Å². The molecule has 1 heterocycles. The van der Waals surface area contributed by atoms with Gasteiger partial charge in [0.15, 0.2) is 0 Å². The van der Waals surface area contributed by atoms with Crippen molar-refractivity contribution < 1.29 is 5.11 Å². The van der Waals surface area contributed by atoms with Crippen molar-refractivity contribution >= 4 is 11.6 Å². The van der Waals surface area contributed by atoms with Crippen molar-refractivity contribution in [1.82, 2.24) is 4.90 Å². The number of phenols is 1. The smallest absolute Gasteiger partial charge is 0.121 e. The quantitative estimate of drug-likeness (QED) is 0.813. The van der Waals surface area contributed by atoms with E-state index in [0.29, 0.717) is 10.8 Å². The molecule has 2 rings (SSSR count). The zero-order chi connectivity index (χ0) is 9.97. The van der Waals surface area contributed by atoms with E-state index in [1.54, 1.807) is 6.07 Å². The fraction of sp³-hybridized carbons (Fsp3) is 0.455. The number of rotatable bonds is 2. The maximum absolute atomic E-state index is 9.64. The van der Waals surface area contributed by atoms with Gasteiger partial charge in [0.05, 0.1) is 0 Å². The lowest BCUT2D eigenvalue weighted by Gasteiger charge is -2.15. The molecule has 1 aromatic carbocycles. The molecule has 0 bridgehead atoms. The minimum absolute atomic E-state index is 0.310. The van der Waals surface area contributed by atoms with E-state index in [1.165, 1.54) is 12.8 Å². The molecule has 0 radical (unpaired) electrons. The molecule has 3 heteroatoms. The van der Waals surface area contributed by atoms with Gasteiger partial charge in [0.2, 0.25) is 0 Å². The molecule has 0 saturated carbocycles. The Morgan fingerprint density at radius 1 is 1.29 bits per heavy atom. The maximum Gasteiger partial charge on any atom is 0.121 e. The van der Waals surface area contributed by atoms with Crippen molar-refractivity contribution in [3.8, 4) is 5.75 Å². The molecule has 0 spiro atoms. The minimum atomic E-state index is 0.310. The van der Waals surface area contributed by atoms with Crippen molar-refractivity contribution in [3.05, 3.63) is 28.8 Å². The summed E-state index contributed by atoms with van der Waals surface area (Å²) in [6.45, 7) is 3.12. The van der Waals surface area contributed by atoms with E-state index >= 15 is 0 Å². The standard InChI is InChI=1S/C11H14ClNO/c12-10-4-3-9(11(14)7-10)8-13-5-1-2-6-13/h3-4,7,14H,1-2,5-6,8H2. The summed E-state index contributed by atoms with van der Waals surface area (Å²) in [5.74, 6) is 0.310. The van der Waals surface area contributed by atoms with Crippen LogP contribution in [0.2, 0.25) is 5.02 Å². The first-order chi connectivity index (χ1) is 6.75. The van der Waals surface area contributed by atoms with Crippen LogP contribution < -0.4 is 0 Å². The second-order valence-electron chi connectivity index (χ2n) is 3.76. The van der Waals surface area contributed by atoms with Crippen LogP contribution in [0.3, 0.4) is 0 Å². The monoisotopic (exact) mass is 211 g/mol. The van der Waals surface area contributed by atoms with Crippen molar-refractivity contribution in [3.63, 3.8) is 0 Å². The van der Waals surface area contributed by atoms with Crippen molar-refractivity contribution in [1.29, 1.82) is 0 Å². The molecule has 0 amide bonds. The van der Waals surface area contributed by atoms with Crippen LogP contribution >= 0.6 is 11.6 Å². The molecular formula is C11H14ClNO. The molecule has 2 nitrogen and oxygen atoms in total. The molecule has 1 aliphatic rings. The van der Waals surface area contributed by atoms with Crippen LogP contribution in [-0.2, 0) is 6.54 Å². The van der Waals surface area contributed by atoms with E-state index in [-0.39, 0.29) is 0 Å². The van der Waals surface area contributed by atoms with Crippen LogP contribution in [0, 0.1) is 0 Å². The number of hydrogen-bond acceptors (Lipinski definition) is 2. The third-order valence-electron chi connectivity index (χ3n) is 2.64. The van der Waals surface area contributed by atoms with Gasteiger partial charge < -0.3 is 5.11 Å². The Kier molecular flexibility index (Phi) is 2.94. The summed E-state index contributed by atoms with van der Waals surface area (Å²) in [7, 11) is 0. The van der Waals surface area contributed by atoms with E-state index in [4.69, 9.17) is 11.6 Å². The highest BCUT2D eigenvalue weighted by Gasteiger charge is 2.13. The zero-order valence-corrected chi connectivity index (χ0v) is 8.80. The van der Waals surface area contributed by atoms with Gasteiger partial charge in [-0.05, 0) is 38.1 Å². The highest BCUT2D eigenvalue weighted by Crippen LogP contribution is 2.24.